The molecule has 0 fully saturated rings. The Hall–Kier alpha value is -1.08. The molecule has 0 aliphatic carbocycles. The molecule has 4 heteroatoms. The highest BCUT2D eigenvalue weighted by Crippen LogP contribution is 2.18. The van der Waals surface area contributed by atoms with Crippen molar-refractivity contribution in [1.29, 1.82) is 5.26 Å². The molecular formula is C11H15N3S. The molecule has 0 radical (unpaired) electrons. The predicted molar refractivity (Wildman–Crippen MR) is 61.7 cm³/mol. The van der Waals surface area contributed by atoms with Gasteiger partial charge in [0.25, 0.3) is 0 Å². The highest BCUT2D eigenvalue weighted by atomic mass is 32.2. The third-order valence-electron chi connectivity index (χ3n) is 2.14. The minimum absolute atomic E-state index is 0.453. The summed E-state index contributed by atoms with van der Waals surface area (Å²) in [7, 11) is 0. The lowest BCUT2D eigenvalue weighted by Crippen LogP contribution is -1.99. The van der Waals surface area contributed by atoms with Crippen LogP contribution in [0.2, 0.25) is 0 Å². The standard InChI is InChI=1S/C11H15N3S/c1-4-8(2)7-15-11-13-9(3)5-10(6-12)14-11/h5,8H,4,7H2,1-3H3. The average molecular weight is 221 g/mol. The van der Waals surface area contributed by atoms with E-state index in [0.717, 1.165) is 17.9 Å². The molecule has 15 heavy (non-hydrogen) atoms. The van der Waals surface area contributed by atoms with Crippen LogP contribution in [-0.4, -0.2) is 15.7 Å². The number of thioether (sulfide) groups is 1. The second-order valence-electron chi connectivity index (χ2n) is 3.61. The van der Waals surface area contributed by atoms with Gasteiger partial charge in [-0.25, -0.2) is 9.97 Å². The molecule has 3 nitrogen and oxygen atoms in total. The van der Waals surface area contributed by atoms with Crippen molar-refractivity contribution in [2.75, 3.05) is 5.75 Å². The molecule has 1 rings (SSSR count). The van der Waals surface area contributed by atoms with Gasteiger partial charge >= 0.3 is 0 Å². The quantitative estimate of drug-likeness (QED) is 0.579. The van der Waals surface area contributed by atoms with Gasteiger partial charge in [0, 0.05) is 11.4 Å². The van der Waals surface area contributed by atoms with Gasteiger partial charge in [0.2, 0.25) is 0 Å². The van der Waals surface area contributed by atoms with Crippen molar-refractivity contribution in [2.24, 2.45) is 5.92 Å². The van der Waals surface area contributed by atoms with E-state index < -0.39 is 0 Å². The van der Waals surface area contributed by atoms with Gasteiger partial charge in [-0.05, 0) is 18.9 Å². The molecule has 1 unspecified atom stereocenters. The van der Waals surface area contributed by atoms with Crippen molar-refractivity contribution >= 4 is 11.8 Å². The van der Waals surface area contributed by atoms with E-state index in [-0.39, 0.29) is 0 Å². The first kappa shape index (κ1) is 12.0. The number of nitriles is 1. The van der Waals surface area contributed by atoms with E-state index in [4.69, 9.17) is 5.26 Å². The number of hydrogen-bond donors (Lipinski definition) is 0. The summed E-state index contributed by atoms with van der Waals surface area (Å²) in [6.45, 7) is 6.26. The number of rotatable bonds is 4. The van der Waals surface area contributed by atoms with Gasteiger partial charge in [-0.2, -0.15) is 5.26 Å². The fourth-order valence-corrected chi connectivity index (χ4v) is 2.04. The number of hydrogen-bond acceptors (Lipinski definition) is 4. The molecule has 0 aliphatic heterocycles. The molecule has 1 aromatic rings. The van der Waals surface area contributed by atoms with Gasteiger partial charge in [-0.3, -0.25) is 0 Å². The topological polar surface area (TPSA) is 49.6 Å². The summed E-state index contributed by atoms with van der Waals surface area (Å²) in [4.78, 5) is 8.44. The maximum Gasteiger partial charge on any atom is 0.189 e. The maximum atomic E-state index is 8.76. The largest absolute Gasteiger partial charge is 0.228 e. The Morgan fingerprint density at radius 1 is 1.53 bits per heavy atom. The Bertz CT molecular complexity index is 371. The summed E-state index contributed by atoms with van der Waals surface area (Å²) in [5.74, 6) is 1.66. The Morgan fingerprint density at radius 2 is 2.27 bits per heavy atom. The van der Waals surface area contributed by atoms with Crippen LogP contribution in [-0.2, 0) is 0 Å². The monoisotopic (exact) mass is 221 g/mol. The van der Waals surface area contributed by atoms with Gasteiger partial charge < -0.3 is 0 Å². The van der Waals surface area contributed by atoms with Crippen LogP contribution >= 0.6 is 11.8 Å². The first-order valence-electron chi connectivity index (χ1n) is 5.04. The van der Waals surface area contributed by atoms with Crippen LogP contribution in [0.15, 0.2) is 11.2 Å². The Labute approximate surface area is 94.9 Å². The van der Waals surface area contributed by atoms with Crippen molar-refractivity contribution < 1.29 is 0 Å². The van der Waals surface area contributed by atoms with Gasteiger partial charge in [0.05, 0.1) is 0 Å². The molecule has 0 N–H and O–H groups in total. The van der Waals surface area contributed by atoms with Crippen LogP contribution in [0.4, 0.5) is 0 Å². The predicted octanol–water partition coefficient (Wildman–Crippen LogP) is 2.79. The van der Waals surface area contributed by atoms with E-state index >= 15 is 0 Å². The van der Waals surface area contributed by atoms with Crippen molar-refractivity contribution in [3.8, 4) is 6.07 Å². The lowest BCUT2D eigenvalue weighted by atomic mass is 10.2. The zero-order valence-corrected chi connectivity index (χ0v) is 10.1. The first-order valence-corrected chi connectivity index (χ1v) is 6.02. The summed E-state index contributed by atoms with van der Waals surface area (Å²) in [6, 6.07) is 3.75. The van der Waals surface area contributed by atoms with Gasteiger partial charge in [0.15, 0.2) is 5.16 Å². The Morgan fingerprint density at radius 3 is 2.87 bits per heavy atom. The van der Waals surface area contributed by atoms with Crippen LogP contribution in [0.3, 0.4) is 0 Å². The third-order valence-corrected chi connectivity index (χ3v) is 3.32. The molecule has 1 atom stereocenters. The first-order chi connectivity index (χ1) is 7.15. The molecule has 0 aromatic carbocycles. The summed E-state index contributed by atoms with van der Waals surface area (Å²) in [5, 5.41) is 9.48. The fraction of sp³-hybridized carbons (Fsp3) is 0.545. The van der Waals surface area contributed by atoms with Crippen LogP contribution in [0.25, 0.3) is 0 Å². The van der Waals surface area contributed by atoms with Crippen molar-refractivity contribution in [3.05, 3.63) is 17.5 Å². The average Bonchev–Trinajstić information content (AvgIpc) is 2.25. The van der Waals surface area contributed by atoms with Crippen LogP contribution < -0.4 is 0 Å². The van der Waals surface area contributed by atoms with E-state index in [2.05, 4.69) is 23.8 Å². The zero-order chi connectivity index (χ0) is 11.3. The van der Waals surface area contributed by atoms with E-state index in [1.807, 2.05) is 13.0 Å². The Kier molecular flexibility index (Phi) is 4.57. The van der Waals surface area contributed by atoms with E-state index in [1.165, 1.54) is 0 Å². The SMILES string of the molecule is CCC(C)CSc1nc(C)cc(C#N)n1. The molecule has 0 aliphatic rings. The summed E-state index contributed by atoms with van der Waals surface area (Å²) < 4.78 is 0. The minimum atomic E-state index is 0.453. The molecule has 0 bridgehead atoms. The van der Waals surface area contributed by atoms with E-state index in [9.17, 15) is 0 Å². The van der Waals surface area contributed by atoms with E-state index in [1.54, 1.807) is 17.8 Å². The summed E-state index contributed by atoms with van der Waals surface area (Å²) in [5.41, 5.74) is 1.31. The van der Waals surface area contributed by atoms with Gasteiger partial charge in [0.1, 0.15) is 11.8 Å². The molecule has 80 valence electrons. The Balaban J connectivity index is 2.69. The van der Waals surface area contributed by atoms with Crippen molar-refractivity contribution in [2.45, 2.75) is 32.3 Å². The summed E-state index contributed by atoms with van der Waals surface area (Å²) >= 11 is 1.62. The van der Waals surface area contributed by atoms with Gasteiger partial charge in [-0.15, -0.1) is 0 Å². The molecular weight excluding hydrogens is 206 g/mol. The molecule has 0 saturated heterocycles. The van der Waals surface area contributed by atoms with Crippen LogP contribution in [0.1, 0.15) is 31.7 Å². The number of aryl methyl sites for hydroxylation is 1. The molecule has 1 aromatic heterocycles. The van der Waals surface area contributed by atoms with Gasteiger partial charge in [-0.1, -0.05) is 32.0 Å². The fourth-order valence-electron chi connectivity index (χ4n) is 0.998. The second kappa shape index (κ2) is 5.72. The lowest BCUT2D eigenvalue weighted by Gasteiger charge is -2.06. The minimum Gasteiger partial charge on any atom is -0.228 e. The molecule has 0 spiro atoms. The van der Waals surface area contributed by atoms with Crippen LogP contribution in [0.5, 0.6) is 0 Å². The number of aromatic nitrogens is 2. The normalized spacial score (nSPS) is 12.1. The van der Waals surface area contributed by atoms with E-state index in [0.29, 0.717) is 16.8 Å². The van der Waals surface area contributed by atoms with Crippen molar-refractivity contribution in [1.82, 2.24) is 9.97 Å². The highest BCUT2D eigenvalue weighted by molar-refractivity contribution is 7.99. The highest BCUT2D eigenvalue weighted by Gasteiger charge is 2.05. The molecule has 0 amide bonds. The van der Waals surface area contributed by atoms with Crippen LogP contribution in [0, 0.1) is 24.2 Å². The molecule has 1 heterocycles. The second-order valence-corrected chi connectivity index (χ2v) is 4.60. The van der Waals surface area contributed by atoms with Crippen molar-refractivity contribution in [3.63, 3.8) is 0 Å². The number of nitrogens with zero attached hydrogens (tertiary/aromatic N) is 3. The lowest BCUT2D eigenvalue weighted by molar-refractivity contribution is 0.636. The third kappa shape index (κ3) is 3.88. The zero-order valence-electron chi connectivity index (χ0n) is 9.32. The summed E-state index contributed by atoms with van der Waals surface area (Å²) in [6.07, 6.45) is 1.16. The molecule has 0 saturated carbocycles. The maximum absolute atomic E-state index is 8.76. The smallest absolute Gasteiger partial charge is 0.189 e.